The maximum absolute atomic E-state index is 13.5. The fourth-order valence-corrected chi connectivity index (χ4v) is 6.21. The van der Waals surface area contributed by atoms with Crippen LogP contribution in [0.3, 0.4) is 0 Å². The zero-order valence-corrected chi connectivity index (χ0v) is 23.1. The van der Waals surface area contributed by atoms with Crippen molar-refractivity contribution in [3.05, 3.63) is 62.9 Å². The van der Waals surface area contributed by atoms with Gasteiger partial charge in [-0.25, -0.2) is 4.68 Å². The van der Waals surface area contributed by atoms with E-state index < -0.39 is 0 Å². The predicted molar refractivity (Wildman–Crippen MR) is 146 cm³/mol. The molecule has 1 aromatic carbocycles. The molecule has 0 aliphatic carbocycles. The minimum Gasteiger partial charge on any atom is -0.354 e. The Morgan fingerprint density at radius 3 is 2.69 bits per heavy atom. The van der Waals surface area contributed by atoms with Crippen molar-refractivity contribution in [2.45, 2.75) is 45.3 Å². The van der Waals surface area contributed by atoms with E-state index in [9.17, 15) is 9.59 Å². The molecule has 6 nitrogen and oxygen atoms in total. The van der Waals surface area contributed by atoms with Crippen molar-refractivity contribution in [2.75, 3.05) is 23.7 Å². The predicted octanol–water partition coefficient (Wildman–Crippen LogP) is 5.83. The van der Waals surface area contributed by atoms with Crippen LogP contribution in [0.4, 0.5) is 5.82 Å². The molecule has 0 saturated carbocycles. The van der Waals surface area contributed by atoms with E-state index in [-0.39, 0.29) is 34.8 Å². The normalized spacial score (nSPS) is 16.4. The third kappa shape index (κ3) is 5.60. The summed E-state index contributed by atoms with van der Waals surface area (Å²) in [5.41, 5.74) is 3.47. The summed E-state index contributed by atoms with van der Waals surface area (Å²) < 4.78 is 1.79. The third-order valence-corrected chi connectivity index (χ3v) is 7.90. The number of hydrogen-bond acceptors (Lipinski definition) is 5. The van der Waals surface area contributed by atoms with Crippen LogP contribution in [0.1, 0.15) is 56.7 Å². The Balaban J connectivity index is 1.95. The van der Waals surface area contributed by atoms with Gasteiger partial charge in [0.2, 0.25) is 11.8 Å². The number of rotatable bonds is 6. The Morgan fingerprint density at radius 2 is 2.06 bits per heavy atom. The van der Waals surface area contributed by atoms with Gasteiger partial charge in [0.15, 0.2) is 0 Å². The zero-order valence-electron chi connectivity index (χ0n) is 20.7. The first-order chi connectivity index (χ1) is 16.6. The van der Waals surface area contributed by atoms with E-state index in [0.29, 0.717) is 23.3 Å². The van der Waals surface area contributed by atoms with Crippen molar-refractivity contribution < 1.29 is 9.59 Å². The molecule has 4 rings (SSSR count). The summed E-state index contributed by atoms with van der Waals surface area (Å²) in [6.45, 7) is 11.0. The molecule has 1 aliphatic rings. The summed E-state index contributed by atoms with van der Waals surface area (Å²) in [4.78, 5) is 28.1. The lowest BCUT2D eigenvalue weighted by Crippen LogP contribution is -2.43. The number of anilines is 1. The molecular formula is C26H31ClN4O2S2. The zero-order chi connectivity index (χ0) is 25.3. The summed E-state index contributed by atoms with van der Waals surface area (Å²) in [6.07, 6.45) is 0. The smallest absolute Gasteiger partial charge is 0.240 e. The first-order valence-corrected chi connectivity index (χ1v) is 14.0. The summed E-state index contributed by atoms with van der Waals surface area (Å²) in [5.74, 6) is 0.928. The van der Waals surface area contributed by atoms with Gasteiger partial charge >= 0.3 is 0 Å². The Morgan fingerprint density at radius 1 is 1.29 bits per heavy atom. The highest BCUT2D eigenvalue weighted by Gasteiger charge is 2.40. The average molecular weight is 531 g/mol. The summed E-state index contributed by atoms with van der Waals surface area (Å²) in [7, 11) is 0. The maximum Gasteiger partial charge on any atom is 0.240 e. The van der Waals surface area contributed by atoms with Gasteiger partial charge in [-0.1, -0.05) is 52.3 Å². The topological polar surface area (TPSA) is 67.2 Å². The Kier molecular flexibility index (Phi) is 7.64. The molecule has 1 aliphatic heterocycles. The highest BCUT2D eigenvalue weighted by Crippen LogP contribution is 2.48. The number of hydrogen-bond donors (Lipinski definition) is 1. The van der Waals surface area contributed by atoms with Crippen molar-refractivity contribution in [1.82, 2.24) is 15.1 Å². The molecule has 2 aromatic heterocycles. The molecule has 1 N–H and O–H groups in total. The van der Waals surface area contributed by atoms with E-state index in [2.05, 4.69) is 42.9 Å². The van der Waals surface area contributed by atoms with E-state index in [0.717, 1.165) is 22.5 Å². The average Bonchev–Trinajstić information content (AvgIpc) is 3.42. The second kappa shape index (κ2) is 10.4. The van der Waals surface area contributed by atoms with Gasteiger partial charge in [-0.3, -0.25) is 14.5 Å². The lowest BCUT2D eigenvalue weighted by Gasteiger charge is -2.24. The number of halogens is 1. The molecule has 0 fully saturated rings. The molecular weight excluding hydrogens is 500 g/mol. The summed E-state index contributed by atoms with van der Waals surface area (Å²) in [6, 6.07) is 9.53. The van der Waals surface area contributed by atoms with Crippen LogP contribution in [0.2, 0.25) is 5.02 Å². The number of benzene rings is 1. The van der Waals surface area contributed by atoms with Gasteiger partial charge < -0.3 is 5.32 Å². The highest BCUT2D eigenvalue weighted by atomic mass is 35.5. The van der Waals surface area contributed by atoms with E-state index >= 15 is 0 Å². The van der Waals surface area contributed by atoms with Gasteiger partial charge in [-0.05, 0) is 46.5 Å². The maximum atomic E-state index is 13.5. The van der Waals surface area contributed by atoms with E-state index in [4.69, 9.17) is 16.7 Å². The minimum absolute atomic E-state index is 0.0642. The molecule has 3 heterocycles. The van der Waals surface area contributed by atoms with Crippen molar-refractivity contribution in [3.63, 3.8) is 0 Å². The van der Waals surface area contributed by atoms with Gasteiger partial charge in [-0.15, -0.1) is 11.8 Å². The number of fused-ring (bicyclic) bond motifs is 1. The van der Waals surface area contributed by atoms with Crippen LogP contribution in [0.5, 0.6) is 0 Å². The second-order valence-electron chi connectivity index (χ2n) is 10.2. The van der Waals surface area contributed by atoms with E-state index in [1.54, 1.807) is 32.7 Å². The minimum atomic E-state index is -0.290. The number of thioether (sulfide) groups is 1. The van der Waals surface area contributed by atoms with Crippen LogP contribution in [-0.4, -0.2) is 40.4 Å². The second-order valence-corrected chi connectivity index (χ2v) is 12.5. The molecule has 9 heteroatoms. The van der Waals surface area contributed by atoms with Gasteiger partial charge in [0.05, 0.1) is 22.4 Å². The molecule has 0 bridgehead atoms. The van der Waals surface area contributed by atoms with Crippen LogP contribution in [0.15, 0.2) is 41.1 Å². The number of carbonyl (C=O) groups excluding carboxylic acids is 2. The Bertz CT molecular complexity index is 1210. The van der Waals surface area contributed by atoms with E-state index in [1.165, 1.54) is 0 Å². The lowest BCUT2D eigenvalue weighted by molar-refractivity contribution is -0.123. The van der Waals surface area contributed by atoms with Gasteiger partial charge in [0.25, 0.3) is 0 Å². The summed E-state index contributed by atoms with van der Waals surface area (Å²) in [5, 5.41) is 12.7. The quantitative estimate of drug-likeness (QED) is 0.435. The number of aromatic nitrogens is 2. The number of carbonyl (C=O) groups is 2. The van der Waals surface area contributed by atoms with Crippen molar-refractivity contribution >= 4 is 52.3 Å². The molecule has 0 radical (unpaired) electrons. The molecule has 0 unspecified atom stereocenters. The fourth-order valence-electron chi connectivity index (χ4n) is 4.07. The fraction of sp³-hybridized carbons (Fsp3) is 0.423. The molecule has 35 heavy (non-hydrogen) atoms. The van der Waals surface area contributed by atoms with Crippen molar-refractivity contribution in [3.8, 4) is 5.69 Å². The van der Waals surface area contributed by atoms with Crippen LogP contribution < -0.4 is 10.2 Å². The molecule has 2 amide bonds. The largest absolute Gasteiger partial charge is 0.354 e. The monoisotopic (exact) mass is 530 g/mol. The molecule has 186 valence electrons. The molecule has 0 saturated heterocycles. The van der Waals surface area contributed by atoms with Crippen LogP contribution >= 0.6 is 34.7 Å². The number of amides is 2. The molecule has 1 atom stereocenters. The molecule has 0 spiro atoms. The first kappa shape index (κ1) is 25.8. The van der Waals surface area contributed by atoms with Gasteiger partial charge in [-0.2, -0.15) is 16.4 Å². The van der Waals surface area contributed by atoms with Crippen molar-refractivity contribution in [2.24, 2.45) is 5.92 Å². The van der Waals surface area contributed by atoms with Gasteiger partial charge in [0, 0.05) is 22.5 Å². The lowest BCUT2D eigenvalue weighted by atomic mass is 9.87. The highest BCUT2D eigenvalue weighted by molar-refractivity contribution is 8.00. The third-order valence-electron chi connectivity index (χ3n) is 5.71. The first-order valence-electron chi connectivity index (χ1n) is 11.7. The Hall–Kier alpha value is -2.29. The number of nitrogens with zero attached hydrogens (tertiary/aromatic N) is 3. The van der Waals surface area contributed by atoms with Crippen molar-refractivity contribution in [1.29, 1.82) is 0 Å². The summed E-state index contributed by atoms with van der Waals surface area (Å²) >= 11 is 9.57. The standard InChI is InChI=1S/C26H31ClN4O2S2/c1-16(2)12-28-20(32)13-30-21(33)15-35-23(17-9-10-34-14-17)22-24(26(3,4)5)29-31(25(22)30)19-8-6-7-18(27)11-19/h6-11,14,16,23H,12-13,15H2,1-5H3,(H,28,32)/t23-/m0/s1. The SMILES string of the molecule is CC(C)CNC(=O)CN1C(=O)CS[C@@H](c2ccsc2)c2c(C(C)(C)C)nn(-c3cccc(Cl)c3)c21. The van der Waals surface area contributed by atoms with Crippen LogP contribution in [-0.2, 0) is 15.0 Å². The van der Waals surface area contributed by atoms with Gasteiger partial charge in [0.1, 0.15) is 12.4 Å². The van der Waals surface area contributed by atoms with Crippen LogP contribution in [0, 0.1) is 5.92 Å². The van der Waals surface area contributed by atoms with Crippen LogP contribution in [0.25, 0.3) is 5.69 Å². The number of thiophene rings is 1. The van der Waals surface area contributed by atoms with E-state index in [1.807, 2.05) is 38.1 Å². The number of nitrogens with one attached hydrogen (secondary N) is 1. The molecule has 3 aromatic rings. The Labute approximate surface area is 220 Å².